The Hall–Kier alpha value is -0.870. The molecule has 2 atom stereocenters. The number of rotatable bonds is 5. The van der Waals surface area contributed by atoms with Gasteiger partial charge in [-0.1, -0.05) is 13.8 Å². The van der Waals surface area contributed by atoms with Crippen molar-refractivity contribution >= 4 is 0 Å². The van der Waals surface area contributed by atoms with E-state index in [4.69, 9.17) is 0 Å². The van der Waals surface area contributed by atoms with Crippen molar-refractivity contribution < 1.29 is 5.11 Å². The van der Waals surface area contributed by atoms with Gasteiger partial charge in [0.1, 0.15) is 0 Å². The fraction of sp³-hybridized carbons (Fsp3) is 0.812. The van der Waals surface area contributed by atoms with Crippen molar-refractivity contribution in [1.82, 2.24) is 14.7 Å². The molecule has 4 nitrogen and oxygen atoms in total. The predicted molar refractivity (Wildman–Crippen MR) is 81.8 cm³/mol. The predicted octanol–water partition coefficient (Wildman–Crippen LogP) is 2.63. The topological polar surface area (TPSA) is 41.3 Å². The summed E-state index contributed by atoms with van der Waals surface area (Å²) < 4.78 is 2.07. The van der Waals surface area contributed by atoms with Crippen LogP contribution in [-0.2, 0) is 6.42 Å². The highest BCUT2D eigenvalue weighted by atomic mass is 16.3. The van der Waals surface area contributed by atoms with Gasteiger partial charge in [0.15, 0.2) is 0 Å². The van der Waals surface area contributed by atoms with E-state index in [1.54, 1.807) is 0 Å². The van der Waals surface area contributed by atoms with E-state index in [1.807, 2.05) is 0 Å². The van der Waals surface area contributed by atoms with Crippen LogP contribution >= 0.6 is 0 Å². The fourth-order valence-electron chi connectivity index (χ4n) is 3.25. The maximum atomic E-state index is 10.8. The first-order valence-electron chi connectivity index (χ1n) is 7.94. The Bertz CT molecular complexity index is 427. The monoisotopic (exact) mass is 279 g/mol. The third-order valence-electron chi connectivity index (χ3n) is 4.85. The van der Waals surface area contributed by atoms with Crippen LogP contribution in [0.25, 0.3) is 0 Å². The SMILES string of the molecule is CCC(CC)n1ccc(CC2(O)CCN(C)C(C)C2)n1. The third kappa shape index (κ3) is 3.41. The van der Waals surface area contributed by atoms with Gasteiger partial charge in [-0.2, -0.15) is 5.10 Å². The van der Waals surface area contributed by atoms with Crippen molar-refractivity contribution in [2.75, 3.05) is 13.6 Å². The van der Waals surface area contributed by atoms with Gasteiger partial charge in [0, 0.05) is 25.2 Å². The van der Waals surface area contributed by atoms with Gasteiger partial charge in [0.05, 0.1) is 17.3 Å². The smallest absolute Gasteiger partial charge is 0.0730 e. The molecule has 1 aliphatic heterocycles. The van der Waals surface area contributed by atoms with Gasteiger partial charge in [-0.05, 0) is 45.7 Å². The van der Waals surface area contributed by atoms with E-state index >= 15 is 0 Å². The number of aromatic nitrogens is 2. The molecule has 0 amide bonds. The first-order chi connectivity index (χ1) is 9.47. The first-order valence-corrected chi connectivity index (χ1v) is 7.94. The van der Waals surface area contributed by atoms with Crippen LogP contribution in [0.2, 0.25) is 0 Å². The van der Waals surface area contributed by atoms with Crippen LogP contribution in [0.1, 0.15) is 58.2 Å². The molecule has 1 saturated heterocycles. The Labute approximate surface area is 122 Å². The lowest BCUT2D eigenvalue weighted by Gasteiger charge is -2.40. The molecule has 0 bridgehead atoms. The van der Waals surface area contributed by atoms with E-state index in [2.05, 4.69) is 54.8 Å². The molecule has 1 N–H and O–H groups in total. The molecule has 1 fully saturated rings. The average molecular weight is 279 g/mol. The van der Waals surface area contributed by atoms with Crippen LogP contribution in [0.5, 0.6) is 0 Å². The minimum Gasteiger partial charge on any atom is -0.389 e. The molecule has 2 rings (SSSR count). The van der Waals surface area contributed by atoms with Crippen molar-refractivity contribution in [2.45, 2.75) is 70.6 Å². The number of likely N-dealkylation sites (tertiary alicyclic amines) is 1. The van der Waals surface area contributed by atoms with Crippen LogP contribution < -0.4 is 0 Å². The summed E-state index contributed by atoms with van der Waals surface area (Å²) in [5.74, 6) is 0. The van der Waals surface area contributed by atoms with E-state index in [-0.39, 0.29) is 0 Å². The minimum atomic E-state index is -0.584. The average Bonchev–Trinajstić information content (AvgIpc) is 2.84. The molecule has 4 heteroatoms. The van der Waals surface area contributed by atoms with Crippen molar-refractivity contribution in [3.05, 3.63) is 18.0 Å². The summed E-state index contributed by atoms with van der Waals surface area (Å²) in [5.41, 5.74) is 0.440. The van der Waals surface area contributed by atoms with Crippen LogP contribution in [0.3, 0.4) is 0 Å². The zero-order chi connectivity index (χ0) is 14.8. The van der Waals surface area contributed by atoms with Gasteiger partial charge < -0.3 is 10.0 Å². The summed E-state index contributed by atoms with van der Waals surface area (Å²) in [6, 6.07) is 2.99. The summed E-state index contributed by atoms with van der Waals surface area (Å²) in [5, 5.41) is 15.5. The molecule has 1 aliphatic rings. The normalized spacial score (nSPS) is 28.2. The maximum Gasteiger partial charge on any atom is 0.0730 e. The number of aliphatic hydroxyl groups is 1. The van der Waals surface area contributed by atoms with Crippen molar-refractivity contribution in [3.8, 4) is 0 Å². The Morgan fingerprint density at radius 1 is 1.45 bits per heavy atom. The largest absolute Gasteiger partial charge is 0.389 e. The molecule has 1 aromatic heterocycles. The number of piperidine rings is 1. The van der Waals surface area contributed by atoms with E-state index in [1.165, 1.54) is 0 Å². The van der Waals surface area contributed by atoms with Crippen molar-refractivity contribution in [3.63, 3.8) is 0 Å². The summed E-state index contributed by atoms with van der Waals surface area (Å²) in [6.45, 7) is 7.54. The molecule has 2 heterocycles. The Balaban J connectivity index is 2.03. The Morgan fingerprint density at radius 3 is 2.75 bits per heavy atom. The molecular weight excluding hydrogens is 250 g/mol. The second-order valence-corrected chi connectivity index (χ2v) is 6.44. The van der Waals surface area contributed by atoms with Gasteiger partial charge in [-0.15, -0.1) is 0 Å². The molecule has 114 valence electrons. The zero-order valence-corrected chi connectivity index (χ0v) is 13.3. The summed E-state index contributed by atoms with van der Waals surface area (Å²) in [6.07, 6.45) is 6.62. The highest BCUT2D eigenvalue weighted by Gasteiger charge is 2.35. The van der Waals surface area contributed by atoms with Gasteiger partial charge in [0.25, 0.3) is 0 Å². The summed E-state index contributed by atoms with van der Waals surface area (Å²) in [4.78, 5) is 2.32. The van der Waals surface area contributed by atoms with E-state index < -0.39 is 5.60 Å². The van der Waals surface area contributed by atoms with Crippen LogP contribution in [0, 0.1) is 0 Å². The van der Waals surface area contributed by atoms with Crippen molar-refractivity contribution in [1.29, 1.82) is 0 Å². The molecule has 1 aromatic rings. The molecule has 20 heavy (non-hydrogen) atoms. The summed E-state index contributed by atoms with van der Waals surface area (Å²) >= 11 is 0. The molecule has 0 spiro atoms. The number of hydrogen-bond acceptors (Lipinski definition) is 3. The fourth-order valence-corrected chi connectivity index (χ4v) is 3.25. The first kappa shape index (κ1) is 15.5. The van der Waals surface area contributed by atoms with Crippen molar-refractivity contribution in [2.24, 2.45) is 0 Å². The molecular formula is C16H29N3O. The Morgan fingerprint density at radius 2 is 2.15 bits per heavy atom. The van der Waals surface area contributed by atoms with E-state index in [0.717, 1.165) is 37.9 Å². The minimum absolute atomic E-state index is 0.440. The quantitative estimate of drug-likeness (QED) is 0.901. The summed E-state index contributed by atoms with van der Waals surface area (Å²) in [7, 11) is 2.13. The van der Waals surface area contributed by atoms with E-state index in [0.29, 0.717) is 18.5 Å². The number of nitrogens with zero attached hydrogens (tertiary/aromatic N) is 3. The molecule has 0 saturated carbocycles. The molecule has 0 aliphatic carbocycles. The molecule has 2 unspecified atom stereocenters. The van der Waals surface area contributed by atoms with Gasteiger partial charge in [-0.3, -0.25) is 4.68 Å². The lowest BCUT2D eigenvalue weighted by atomic mass is 9.84. The van der Waals surface area contributed by atoms with Crippen LogP contribution in [-0.4, -0.2) is 45.0 Å². The molecule has 0 radical (unpaired) electrons. The maximum absolute atomic E-state index is 10.8. The second-order valence-electron chi connectivity index (χ2n) is 6.44. The third-order valence-corrected chi connectivity index (χ3v) is 4.85. The Kier molecular flexibility index (Phi) is 4.86. The highest BCUT2D eigenvalue weighted by molar-refractivity contribution is 5.06. The van der Waals surface area contributed by atoms with Gasteiger partial charge in [0.2, 0.25) is 0 Å². The standard InChI is InChI=1S/C16H29N3O/c1-5-15(6-2)19-9-7-14(17-19)12-16(20)8-10-18(4)13(3)11-16/h7,9,13,15,20H,5-6,8,10-12H2,1-4H3. The van der Waals surface area contributed by atoms with Crippen LogP contribution in [0.15, 0.2) is 12.3 Å². The lowest BCUT2D eigenvalue weighted by Crippen LogP contribution is -2.48. The molecule has 0 aromatic carbocycles. The van der Waals surface area contributed by atoms with Crippen LogP contribution in [0.4, 0.5) is 0 Å². The van der Waals surface area contributed by atoms with E-state index in [9.17, 15) is 5.11 Å². The zero-order valence-electron chi connectivity index (χ0n) is 13.3. The van der Waals surface area contributed by atoms with Gasteiger partial charge in [-0.25, -0.2) is 0 Å². The number of hydrogen-bond donors (Lipinski definition) is 1. The van der Waals surface area contributed by atoms with Gasteiger partial charge >= 0.3 is 0 Å². The second kappa shape index (κ2) is 6.27. The highest BCUT2D eigenvalue weighted by Crippen LogP contribution is 2.29. The lowest BCUT2D eigenvalue weighted by molar-refractivity contribution is -0.0360.